The Hall–Kier alpha value is -1.78. The zero-order valence-electron chi connectivity index (χ0n) is 11.7. The van der Waals surface area contributed by atoms with Gasteiger partial charge in [0.25, 0.3) is 0 Å². The second-order valence-electron chi connectivity index (χ2n) is 4.66. The molecule has 4 nitrogen and oxygen atoms in total. The Balaban J connectivity index is 2.00. The van der Waals surface area contributed by atoms with Crippen molar-refractivity contribution in [1.82, 2.24) is 21.5 Å². The Morgan fingerprint density at radius 1 is 1.32 bits per heavy atom. The fraction of sp³-hybridized carbons (Fsp3) is 0.333. The molecule has 1 atom stereocenters. The van der Waals surface area contributed by atoms with E-state index in [4.69, 9.17) is 0 Å². The van der Waals surface area contributed by atoms with Crippen LogP contribution in [0, 0.1) is 13.8 Å². The summed E-state index contributed by atoms with van der Waals surface area (Å²) < 4.78 is 0. The highest BCUT2D eigenvalue weighted by Gasteiger charge is 2.16. The van der Waals surface area contributed by atoms with Crippen LogP contribution in [0.15, 0.2) is 36.6 Å². The van der Waals surface area contributed by atoms with Gasteiger partial charge >= 0.3 is 0 Å². The highest BCUT2D eigenvalue weighted by atomic mass is 15.4. The predicted molar refractivity (Wildman–Crippen MR) is 79.9 cm³/mol. The van der Waals surface area contributed by atoms with Gasteiger partial charge in [-0.3, -0.25) is 5.32 Å². The summed E-state index contributed by atoms with van der Waals surface area (Å²) >= 11 is 0. The van der Waals surface area contributed by atoms with Gasteiger partial charge in [0.2, 0.25) is 0 Å². The smallest absolute Gasteiger partial charge is 0.0974 e. The molecule has 4 N–H and O–H groups in total. The van der Waals surface area contributed by atoms with Gasteiger partial charge in [-0.05, 0) is 44.2 Å². The van der Waals surface area contributed by atoms with Crippen LogP contribution in [0.3, 0.4) is 0 Å². The molecule has 4 heteroatoms. The van der Waals surface area contributed by atoms with Crippen molar-refractivity contribution in [3.8, 4) is 0 Å². The van der Waals surface area contributed by atoms with Crippen LogP contribution in [0.25, 0.3) is 5.70 Å². The van der Waals surface area contributed by atoms with E-state index in [9.17, 15) is 0 Å². The van der Waals surface area contributed by atoms with E-state index in [0.29, 0.717) is 0 Å². The quantitative estimate of drug-likeness (QED) is 0.480. The number of benzene rings is 1. The standard InChI is InChI=1S/C15H22N4/c1-4-8-16-10-17-15-9-14(18-19-15)13-7-5-6-11(2)12(13)3/h4-9,15-19H,10H2,1-3H3/b8-4-. The summed E-state index contributed by atoms with van der Waals surface area (Å²) in [7, 11) is 0. The van der Waals surface area contributed by atoms with Gasteiger partial charge in [0.05, 0.1) is 18.5 Å². The molecule has 0 bridgehead atoms. The van der Waals surface area contributed by atoms with Crippen LogP contribution < -0.4 is 21.5 Å². The number of hydrogen-bond acceptors (Lipinski definition) is 4. The summed E-state index contributed by atoms with van der Waals surface area (Å²) in [4.78, 5) is 0. The third kappa shape index (κ3) is 3.36. The highest BCUT2D eigenvalue weighted by molar-refractivity contribution is 5.69. The number of aryl methyl sites for hydroxylation is 1. The van der Waals surface area contributed by atoms with E-state index < -0.39 is 0 Å². The van der Waals surface area contributed by atoms with Crippen molar-refractivity contribution in [3.63, 3.8) is 0 Å². The van der Waals surface area contributed by atoms with Crippen molar-refractivity contribution in [2.45, 2.75) is 26.9 Å². The first-order valence-corrected chi connectivity index (χ1v) is 6.60. The number of hydrogen-bond donors (Lipinski definition) is 4. The fourth-order valence-corrected chi connectivity index (χ4v) is 2.06. The van der Waals surface area contributed by atoms with Crippen LogP contribution in [-0.2, 0) is 0 Å². The van der Waals surface area contributed by atoms with Crippen molar-refractivity contribution in [1.29, 1.82) is 0 Å². The monoisotopic (exact) mass is 258 g/mol. The molecule has 19 heavy (non-hydrogen) atoms. The highest BCUT2D eigenvalue weighted by Crippen LogP contribution is 2.21. The number of nitrogens with one attached hydrogen (secondary N) is 4. The van der Waals surface area contributed by atoms with Gasteiger partial charge in [0.15, 0.2) is 0 Å². The minimum Gasteiger partial charge on any atom is -0.379 e. The maximum Gasteiger partial charge on any atom is 0.0974 e. The molecule has 1 aliphatic heterocycles. The molecule has 102 valence electrons. The van der Waals surface area contributed by atoms with Crippen molar-refractivity contribution < 1.29 is 0 Å². The topological polar surface area (TPSA) is 48.1 Å². The maximum absolute atomic E-state index is 3.34. The van der Waals surface area contributed by atoms with Crippen LogP contribution in [0.5, 0.6) is 0 Å². The van der Waals surface area contributed by atoms with Crippen LogP contribution >= 0.6 is 0 Å². The number of allylic oxidation sites excluding steroid dienone is 1. The van der Waals surface area contributed by atoms with Gasteiger partial charge in [-0.25, -0.2) is 5.43 Å². The van der Waals surface area contributed by atoms with E-state index in [-0.39, 0.29) is 6.17 Å². The Morgan fingerprint density at radius 2 is 2.16 bits per heavy atom. The van der Waals surface area contributed by atoms with E-state index >= 15 is 0 Å². The third-order valence-electron chi connectivity index (χ3n) is 3.30. The summed E-state index contributed by atoms with van der Waals surface area (Å²) in [5.41, 5.74) is 11.5. The SMILES string of the molecule is C/C=C\NCNC1C=C(c2cccc(C)c2C)NN1. The molecular weight excluding hydrogens is 236 g/mol. The van der Waals surface area contributed by atoms with E-state index in [1.807, 2.05) is 19.2 Å². The van der Waals surface area contributed by atoms with Gasteiger partial charge in [-0.2, -0.15) is 0 Å². The van der Waals surface area contributed by atoms with Crippen LogP contribution in [0.4, 0.5) is 0 Å². The predicted octanol–water partition coefficient (Wildman–Crippen LogP) is 1.75. The summed E-state index contributed by atoms with van der Waals surface area (Å²) in [6.07, 6.45) is 6.19. The van der Waals surface area contributed by atoms with Crippen molar-refractivity contribution >= 4 is 5.70 Å². The molecule has 2 rings (SSSR count). The minimum atomic E-state index is 0.132. The number of rotatable bonds is 5. The lowest BCUT2D eigenvalue weighted by Crippen LogP contribution is -2.44. The first-order valence-electron chi connectivity index (χ1n) is 6.60. The van der Waals surface area contributed by atoms with E-state index in [1.54, 1.807) is 0 Å². The molecule has 0 saturated carbocycles. The average molecular weight is 258 g/mol. The molecule has 0 amide bonds. The molecule has 0 radical (unpaired) electrons. The zero-order valence-corrected chi connectivity index (χ0v) is 11.7. The van der Waals surface area contributed by atoms with Crippen LogP contribution in [-0.4, -0.2) is 12.8 Å². The molecule has 0 aromatic heterocycles. The summed E-state index contributed by atoms with van der Waals surface area (Å²) in [5, 5.41) is 6.49. The molecule has 1 heterocycles. The Bertz CT molecular complexity index is 491. The summed E-state index contributed by atoms with van der Waals surface area (Å²) in [6.45, 7) is 7.00. The average Bonchev–Trinajstić information content (AvgIpc) is 2.87. The lowest BCUT2D eigenvalue weighted by atomic mass is 10.0. The zero-order chi connectivity index (χ0) is 13.7. The largest absolute Gasteiger partial charge is 0.379 e. The summed E-state index contributed by atoms with van der Waals surface area (Å²) in [6, 6.07) is 6.37. The lowest BCUT2D eigenvalue weighted by Gasteiger charge is -2.11. The molecule has 0 aliphatic carbocycles. The van der Waals surface area contributed by atoms with E-state index in [1.165, 1.54) is 16.7 Å². The first kappa shape index (κ1) is 13.6. The lowest BCUT2D eigenvalue weighted by molar-refractivity contribution is 0.484. The van der Waals surface area contributed by atoms with Crippen LogP contribution in [0.2, 0.25) is 0 Å². The molecular formula is C15H22N4. The van der Waals surface area contributed by atoms with E-state index in [2.05, 4.69) is 59.6 Å². The molecule has 0 fully saturated rings. The molecule has 1 unspecified atom stereocenters. The van der Waals surface area contributed by atoms with Gasteiger partial charge in [-0.1, -0.05) is 24.3 Å². The minimum absolute atomic E-state index is 0.132. The molecule has 1 aromatic rings. The Morgan fingerprint density at radius 3 is 2.95 bits per heavy atom. The maximum atomic E-state index is 3.34. The Labute approximate surface area is 115 Å². The third-order valence-corrected chi connectivity index (χ3v) is 3.30. The number of hydrazine groups is 1. The van der Waals surface area contributed by atoms with Crippen molar-refractivity contribution in [2.24, 2.45) is 0 Å². The fourth-order valence-electron chi connectivity index (χ4n) is 2.06. The second-order valence-corrected chi connectivity index (χ2v) is 4.66. The van der Waals surface area contributed by atoms with E-state index in [0.717, 1.165) is 12.4 Å². The van der Waals surface area contributed by atoms with Crippen molar-refractivity contribution in [3.05, 3.63) is 53.2 Å². The second kappa shape index (κ2) is 6.41. The molecule has 0 spiro atoms. The van der Waals surface area contributed by atoms with Gasteiger partial charge in [0, 0.05) is 5.56 Å². The molecule has 1 aromatic carbocycles. The van der Waals surface area contributed by atoms with Gasteiger partial charge in [0.1, 0.15) is 0 Å². The summed E-state index contributed by atoms with van der Waals surface area (Å²) in [5.74, 6) is 0. The first-order chi connectivity index (χ1) is 9.22. The Kier molecular flexibility index (Phi) is 4.60. The normalized spacial score (nSPS) is 18.5. The van der Waals surface area contributed by atoms with Crippen LogP contribution in [0.1, 0.15) is 23.6 Å². The molecule has 1 aliphatic rings. The van der Waals surface area contributed by atoms with Crippen molar-refractivity contribution in [2.75, 3.05) is 6.67 Å². The molecule has 0 saturated heterocycles. The van der Waals surface area contributed by atoms with Gasteiger partial charge in [-0.15, -0.1) is 0 Å². The van der Waals surface area contributed by atoms with Gasteiger partial charge < -0.3 is 10.7 Å².